The number of anilines is 1. The summed E-state index contributed by atoms with van der Waals surface area (Å²) in [5, 5.41) is 8.07. The number of nitrogens with two attached hydrogens (primary N) is 1. The van der Waals surface area contributed by atoms with Gasteiger partial charge < -0.3 is 15.8 Å². The summed E-state index contributed by atoms with van der Waals surface area (Å²) in [7, 11) is 1.83. The Morgan fingerprint density at radius 2 is 1.60 bits per heavy atom. The van der Waals surface area contributed by atoms with E-state index in [1.54, 1.807) is 59.4 Å². The average molecular weight is 401 g/mol. The third kappa shape index (κ3) is 3.83. The highest BCUT2D eigenvalue weighted by Crippen LogP contribution is 2.23. The van der Waals surface area contributed by atoms with Gasteiger partial charge in [-0.1, -0.05) is 0 Å². The lowest BCUT2D eigenvalue weighted by Gasteiger charge is -2.08. The third-order valence-corrected chi connectivity index (χ3v) is 4.61. The first kappa shape index (κ1) is 19.1. The first-order valence-electron chi connectivity index (χ1n) is 9.19. The van der Waals surface area contributed by atoms with Gasteiger partial charge in [0.2, 0.25) is 5.91 Å². The van der Waals surface area contributed by atoms with Crippen molar-refractivity contribution in [1.29, 1.82) is 0 Å². The predicted octanol–water partition coefficient (Wildman–Crippen LogP) is 3.42. The molecule has 4 rings (SSSR count). The van der Waals surface area contributed by atoms with Gasteiger partial charge in [0.05, 0.1) is 17.6 Å². The number of primary amides is 1. The number of hydrogen-bond acceptors (Lipinski definition) is 5. The van der Waals surface area contributed by atoms with E-state index >= 15 is 0 Å². The molecule has 0 aliphatic heterocycles. The zero-order valence-corrected chi connectivity index (χ0v) is 16.4. The maximum absolute atomic E-state index is 12.6. The summed E-state index contributed by atoms with van der Waals surface area (Å²) < 4.78 is 7.43. The van der Waals surface area contributed by atoms with Crippen molar-refractivity contribution in [1.82, 2.24) is 14.8 Å². The number of amides is 2. The van der Waals surface area contributed by atoms with Gasteiger partial charge in [0.1, 0.15) is 11.5 Å². The zero-order chi connectivity index (χ0) is 21.3. The van der Waals surface area contributed by atoms with Crippen molar-refractivity contribution in [3.63, 3.8) is 0 Å². The Hall–Kier alpha value is -4.20. The minimum atomic E-state index is -0.495. The van der Waals surface area contributed by atoms with Gasteiger partial charge in [-0.25, -0.2) is 4.98 Å². The van der Waals surface area contributed by atoms with Gasteiger partial charge in [-0.05, 0) is 61.5 Å². The van der Waals surface area contributed by atoms with E-state index in [2.05, 4.69) is 15.4 Å². The molecule has 4 aromatic rings. The number of benzene rings is 2. The van der Waals surface area contributed by atoms with E-state index in [0.717, 1.165) is 16.7 Å². The molecule has 8 nitrogen and oxygen atoms in total. The lowest BCUT2D eigenvalue weighted by atomic mass is 10.2. The summed E-state index contributed by atoms with van der Waals surface area (Å²) in [6, 6.07) is 15.1. The number of hydrogen-bond donors (Lipinski definition) is 2. The van der Waals surface area contributed by atoms with Crippen molar-refractivity contribution in [2.75, 3.05) is 5.32 Å². The van der Waals surface area contributed by atoms with Crippen LogP contribution in [0.4, 0.5) is 5.69 Å². The number of aryl methyl sites for hydroxylation is 2. The Morgan fingerprint density at radius 3 is 2.20 bits per heavy atom. The fourth-order valence-corrected chi connectivity index (χ4v) is 3.08. The number of aromatic nitrogens is 3. The number of pyridine rings is 1. The summed E-state index contributed by atoms with van der Waals surface area (Å²) in [5.41, 5.74) is 8.32. The van der Waals surface area contributed by atoms with E-state index in [4.69, 9.17) is 10.5 Å². The number of carbonyl (C=O) groups excluding carboxylic acids is 2. The lowest BCUT2D eigenvalue weighted by Crippen LogP contribution is -2.12. The third-order valence-electron chi connectivity index (χ3n) is 4.61. The Kier molecular flexibility index (Phi) is 4.89. The standard InChI is InChI=1S/C22H19N5O3/c1-13-19-11-16(12-24-21(19)27(2)26-13)25-22(29)15-5-9-18(10-6-15)30-17-7-3-14(4-8-17)20(23)28/h3-12H,1-2H3,(H2,23,28)(H,25,29). The molecule has 2 aromatic heterocycles. The fourth-order valence-electron chi connectivity index (χ4n) is 3.08. The second-order valence-electron chi connectivity index (χ2n) is 6.77. The normalized spacial score (nSPS) is 10.7. The van der Waals surface area contributed by atoms with Crippen LogP contribution in [0, 0.1) is 6.92 Å². The second-order valence-corrected chi connectivity index (χ2v) is 6.77. The number of fused-ring (bicyclic) bond motifs is 1. The van der Waals surface area contributed by atoms with E-state index in [-0.39, 0.29) is 5.91 Å². The maximum Gasteiger partial charge on any atom is 0.255 e. The quantitative estimate of drug-likeness (QED) is 0.532. The Morgan fingerprint density at radius 1 is 1.00 bits per heavy atom. The van der Waals surface area contributed by atoms with Crippen LogP contribution in [-0.2, 0) is 7.05 Å². The SMILES string of the molecule is Cc1nn(C)c2ncc(NC(=O)c3ccc(Oc4ccc(C(N)=O)cc4)cc3)cc12. The molecule has 0 fully saturated rings. The molecule has 0 aliphatic carbocycles. The zero-order valence-electron chi connectivity index (χ0n) is 16.4. The maximum atomic E-state index is 12.6. The molecular weight excluding hydrogens is 382 g/mol. The molecule has 0 radical (unpaired) electrons. The van der Waals surface area contributed by atoms with Crippen LogP contribution < -0.4 is 15.8 Å². The van der Waals surface area contributed by atoms with Crippen LogP contribution in [0.3, 0.4) is 0 Å². The van der Waals surface area contributed by atoms with Gasteiger partial charge in [-0.3, -0.25) is 14.3 Å². The molecular formula is C22H19N5O3. The molecule has 2 amide bonds. The van der Waals surface area contributed by atoms with Gasteiger partial charge in [0.15, 0.2) is 5.65 Å². The summed E-state index contributed by atoms with van der Waals surface area (Å²) in [6.45, 7) is 1.90. The average Bonchev–Trinajstić information content (AvgIpc) is 3.02. The summed E-state index contributed by atoms with van der Waals surface area (Å²) in [4.78, 5) is 28.1. The second kappa shape index (κ2) is 7.67. The molecule has 0 bridgehead atoms. The van der Waals surface area contributed by atoms with Gasteiger partial charge >= 0.3 is 0 Å². The molecule has 2 aromatic carbocycles. The minimum absolute atomic E-state index is 0.255. The van der Waals surface area contributed by atoms with Gasteiger partial charge in [0, 0.05) is 23.6 Å². The van der Waals surface area contributed by atoms with Gasteiger partial charge in [0.25, 0.3) is 5.91 Å². The topological polar surface area (TPSA) is 112 Å². The first-order valence-corrected chi connectivity index (χ1v) is 9.19. The van der Waals surface area contributed by atoms with Crippen LogP contribution >= 0.6 is 0 Å². The van der Waals surface area contributed by atoms with Crippen molar-refractivity contribution in [2.45, 2.75) is 6.92 Å². The predicted molar refractivity (Wildman–Crippen MR) is 113 cm³/mol. The number of nitrogens with zero attached hydrogens (tertiary/aromatic N) is 3. The fraction of sp³-hybridized carbons (Fsp3) is 0.0909. The summed E-state index contributed by atoms with van der Waals surface area (Å²) in [6.07, 6.45) is 1.61. The van der Waals surface area contributed by atoms with Crippen LogP contribution in [0.25, 0.3) is 11.0 Å². The van der Waals surface area contributed by atoms with Crippen LogP contribution in [-0.4, -0.2) is 26.6 Å². The van der Waals surface area contributed by atoms with E-state index in [1.165, 1.54) is 0 Å². The van der Waals surface area contributed by atoms with Crippen LogP contribution in [0.15, 0.2) is 60.8 Å². The lowest BCUT2D eigenvalue weighted by molar-refractivity contribution is 0.0997. The molecule has 0 unspecified atom stereocenters. The Balaban J connectivity index is 1.45. The molecule has 0 aliphatic rings. The molecule has 3 N–H and O–H groups in total. The molecule has 0 spiro atoms. The van der Waals surface area contributed by atoms with E-state index in [9.17, 15) is 9.59 Å². The van der Waals surface area contributed by atoms with E-state index < -0.39 is 5.91 Å². The van der Waals surface area contributed by atoms with Crippen molar-refractivity contribution in [3.05, 3.63) is 77.6 Å². The van der Waals surface area contributed by atoms with Crippen molar-refractivity contribution < 1.29 is 14.3 Å². The molecule has 150 valence electrons. The van der Waals surface area contributed by atoms with Gasteiger partial charge in [-0.2, -0.15) is 5.10 Å². The highest BCUT2D eigenvalue weighted by atomic mass is 16.5. The van der Waals surface area contributed by atoms with E-state index in [0.29, 0.717) is 28.3 Å². The van der Waals surface area contributed by atoms with Crippen LogP contribution in [0.2, 0.25) is 0 Å². The monoisotopic (exact) mass is 401 g/mol. The molecule has 2 heterocycles. The molecule has 0 saturated carbocycles. The molecule has 30 heavy (non-hydrogen) atoms. The number of ether oxygens (including phenoxy) is 1. The minimum Gasteiger partial charge on any atom is -0.457 e. The highest BCUT2D eigenvalue weighted by Gasteiger charge is 2.11. The van der Waals surface area contributed by atoms with Gasteiger partial charge in [-0.15, -0.1) is 0 Å². The molecule has 0 atom stereocenters. The Labute approximate surface area is 172 Å². The van der Waals surface area contributed by atoms with Crippen molar-refractivity contribution >= 4 is 28.5 Å². The molecule has 8 heteroatoms. The molecule has 0 saturated heterocycles. The number of nitrogens with one attached hydrogen (secondary N) is 1. The number of carbonyl (C=O) groups is 2. The van der Waals surface area contributed by atoms with Crippen LogP contribution in [0.5, 0.6) is 11.5 Å². The van der Waals surface area contributed by atoms with Crippen molar-refractivity contribution in [3.8, 4) is 11.5 Å². The van der Waals surface area contributed by atoms with Crippen LogP contribution in [0.1, 0.15) is 26.4 Å². The number of rotatable bonds is 5. The first-order chi connectivity index (χ1) is 14.4. The van der Waals surface area contributed by atoms with Crippen molar-refractivity contribution in [2.24, 2.45) is 12.8 Å². The van der Waals surface area contributed by atoms with E-state index in [1.807, 2.05) is 20.0 Å². The largest absolute Gasteiger partial charge is 0.457 e. The summed E-state index contributed by atoms with van der Waals surface area (Å²) in [5.74, 6) is 0.371. The smallest absolute Gasteiger partial charge is 0.255 e. The highest BCUT2D eigenvalue weighted by molar-refractivity contribution is 6.05. The Bertz CT molecular complexity index is 1240. The summed E-state index contributed by atoms with van der Waals surface area (Å²) >= 11 is 0.